The van der Waals surface area contributed by atoms with Crippen LogP contribution in [0.15, 0.2) is 24.5 Å². The molecule has 0 aromatic carbocycles. The van der Waals surface area contributed by atoms with E-state index < -0.39 is 17.6 Å². The van der Waals surface area contributed by atoms with Gasteiger partial charge in [0, 0.05) is 18.9 Å². The largest absolute Gasteiger partial charge is 0.444 e. The molecule has 0 saturated carbocycles. The Morgan fingerprint density at radius 3 is 2.70 bits per heavy atom. The summed E-state index contributed by atoms with van der Waals surface area (Å²) in [5.74, 6) is -0.528. The molecule has 0 saturated heterocycles. The van der Waals surface area contributed by atoms with Crippen molar-refractivity contribution in [3.8, 4) is 0 Å². The Labute approximate surface area is 118 Å². The van der Waals surface area contributed by atoms with E-state index in [9.17, 15) is 9.59 Å². The van der Waals surface area contributed by atoms with Crippen LogP contribution in [0.5, 0.6) is 0 Å². The molecule has 0 fully saturated rings. The summed E-state index contributed by atoms with van der Waals surface area (Å²) in [6, 6.07) is 1.62. The number of ether oxygens (including phenoxy) is 1. The summed E-state index contributed by atoms with van der Waals surface area (Å²) in [4.78, 5) is 26.3. The molecule has 0 bridgehead atoms. The number of carbonyl (C=O) groups excluding carboxylic acids is 2. The van der Waals surface area contributed by atoms with Crippen molar-refractivity contribution >= 4 is 18.1 Å². The number of rotatable bonds is 4. The van der Waals surface area contributed by atoms with Crippen LogP contribution >= 0.6 is 0 Å². The smallest absolute Gasteiger partial charge is 0.407 e. The van der Waals surface area contributed by atoms with Gasteiger partial charge in [0.15, 0.2) is 0 Å². The third kappa shape index (κ3) is 5.99. The van der Waals surface area contributed by atoms with Gasteiger partial charge < -0.3 is 15.8 Å². The van der Waals surface area contributed by atoms with Crippen molar-refractivity contribution in [2.45, 2.75) is 26.4 Å². The van der Waals surface area contributed by atoms with Gasteiger partial charge in [0.25, 0.3) is 0 Å². The third-order valence-electron chi connectivity index (χ3n) is 2.12. The van der Waals surface area contributed by atoms with Crippen molar-refractivity contribution in [2.24, 2.45) is 5.73 Å². The Morgan fingerprint density at radius 1 is 1.40 bits per heavy atom. The van der Waals surface area contributed by atoms with Gasteiger partial charge in [-0.25, -0.2) is 4.79 Å². The predicted molar refractivity (Wildman–Crippen MR) is 76.0 cm³/mol. The highest BCUT2D eigenvalue weighted by atomic mass is 16.6. The first-order valence-corrected chi connectivity index (χ1v) is 6.16. The highest BCUT2D eigenvalue weighted by Crippen LogP contribution is 2.06. The first kappa shape index (κ1) is 15.7. The average Bonchev–Trinajstić information content (AvgIpc) is 2.33. The molecule has 1 aromatic rings. The van der Waals surface area contributed by atoms with Gasteiger partial charge in [-0.3, -0.25) is 9.78 Å². The molecule has 1 rings (SSSR count). The van der Waals surface area contributed by atoms with E-state index in [1.165, 1.54) is 6.20 Å². The second-order valence-corrected chi connectivity index (χ2v) is 5.16. The van der Waals surface area contributed by atoms with Gasteiger partial charge in [-0.05, 0) is 32.4 Å². The SMILES string of the molecule is CC(C)(C)OC(=O)NCC=Cc1cncc(C(N)=O)c1. The van der Waals surface area contributed by atoms with Gasteiger partial charge >= 0.3 is 6.09 Å². The molecule has 0 aliphatic carbocycles. The van der Waals surface area contributed by atoms with E-state index >= 15 is 0 Å². The molecule has 1 heterocycles. The normalized spacial score (nSPS) is 11.3. The van der Waals surface area contributed by atoms with Crippen molar-refractivity contribution < 1.29 is 14.3 Å². The maximum absolute atomic E-state index is 11.4. The van der Waals surface area contributed by atoms with E-state index in [0.29, 0.717) is 12.1 Å². The average molecular weight is 277 g/mol. The lowest BCUT2D eigenvalue weighted by molar-refractivity contribution is 0.0534. The van der Waals surface area contributed by atoms with Gasteiger partial charge in [0.1, 0.15) is 5.60 Å². The highest BCUT2D eigenvalue weighted by molar-refractivity contribution is 5.92. The van der Waals surface area contributed by atoms with E-state index in [0.717, 1.165) is 5.56 Å². The highest BCUT2D eigenvalue weighted by Gasteiger charge is 2.14. The van der Waals surface area contributed by atoms with Crippen LogP contribution in [0.25, 0.3) is 6.08 Å². The maximum Gasteiger partial charge on any atom is 0.407 e. The monoisotopic (exact) mass is 277 g/mol. The number of primary amides is 1. The first-order chi connectivity index (χ1) is 9.28. The van der Waals surface area contributed by atoms with Gasteiger partial charge in [0.05, 0.1) is 5.56 Å². The third-order valence-corrected chi connectivity index (χ3v) is 2.12. The number of pyridine rings is 1. The summed E-state index contributed by atoms with van der Waals surface area (Å²) < 4.78 is 5.08. The quantitative estimate of drug-likeness (QED) is 0.876. The zero-order valence-corrected chi connectivity index (χ0v) is 11.8. The molecular weight excluding hydrogens is 258 g/mol. The summed E-state index contributed by atoms with van der Waals surface area (Å²) in [5, 5.41) is 2.59. The van der Waals surface area contributed by atoms with Gasteiger partial charge in [-0.2, -0.15) is 0 Å². The van der Waals surface area contributed by atoms with Crippen LogP contribution in [0.3, 0.4) is 0 Å². The fourth-order valence-corrected chi connectivity index (χ4v) is 1.34. The lowest BCUT2D eigenvalue weighted by atomic mass is 10.2. The number of aromatic nitrogens is 1. The van der Waals surface area contributed by atoms with Crippen molar-refractivity contribution in [1.82, 2.24) is 10.3 Å². The molecule has 0 aliphatic heterocycles. The molecule has 2 amide bonds. The summed E-state index contributed by atoms with van der Waals surface area (Å²) in [6.45, 7) is 5.70. The minimum atomic E-state index is -0.528. The minimum Gasteiger partial charge on any atom is -0.444 e. The van der Waals surface area contributed by atoms with E-state index in [2.05, 4.69) is 10.3 Å². The van der Waals surface area contributed by atoms with Crippen LogP contribution in [0.1, 0.15) is 36.7 Å². The predicted octanol–water partition coefficient (Wildman–Crippen LogP) is 1.72. The van der Waals surface area contributed by atoms with Crippen molar-refractivity contribution in [3.63, 3.8) is 0 Å². The second-order valence-electron chi connectivity index (χ2n) is 5.16. The van der Waals surface area contributed by atoms with E-state index in [1.807, 2.05) is 0 Å². The van der Waals surface area contributed by atoms with Crippen LogP contribution < -0.4 is 11.1 Å². The van der Waals surface area contributed by atoms with Crippen LogP contribution in [-0.4, -0.2) is 29.1 Å². The number of nitrogens with two attached hydrogens (primary N) is 1. The Morgan fingerprint density at radius 2 is 2.10 bits per heavy atom. The van der Waals surface area contributed by atoms with Gasteiger partial charge in [-0.1, -0.05) is 12.2 Å². The molecule has 0 radical (unpaired) electrons. The van der Waals surface area contributed by atoms with Crippen LogP contribution in [0, 0.1) is 0 Å². The zero-order chi connectivity index (χ0) is 15.2. The number of hydrogen-bond donors (Lipinski definition) is 2. The molecule has 0 unspecified atom stereocenters. The summed E-state index contributed by atoms with van der Waals surface area (Å²) in [6.07, 6.45) is 5.98. The fraction of sp³-hybridized carbons (Fsp3) is 0.357. The maximum atomic E-state index is 11.4. The van der Waals surface area contributed by atoms with Crippen molar-refractivity contribution in [1.29, 1.82) is 0 Å². The number of carbonyl (C=O) groups is 2. The van der Waals surface area contributed by atoms with E-state index in [4.69, 9.17) is 10.5 Å². The Kier molecular flexibility index (Phi) is 5.25. The standard InChI is InChI=1S/C14H19N3O3/c1-14(2,3)20-13(19)17-6-4-5-10-7-11(12(15)18)9-16-8-10/h4-5,7-9H,6H2,1-3H3,(H2,15,18)(H,17,19). The molecule has 0 spiro atoms. The van der Waals surface area contributed by atoms with Crippen molar-refractivity contribution in [3.05, 3.63) is 35.7 Å². The van der Waals surface area contributed by atoms with E-state index in [-0.39, 0.29) is 0 Å². The minimum absolute atomic E-state index is 0.315. The van der Waals surface area contributed by atoms with Crippen molar-refractivity contribution in [2.75, 3.05) is 6.54 Å². The topological polar surface area (TPSA) is 94.3 Å². The number of alkyl carbamates (subject to hydrolysis) is 1. The second kappa shape index (κ2) is 6.70. The van der Waals surface area contributed by atoms with Crippen LogP contribution in [0.2, 0.25) is 0 Å². The molecule has 1 aromatic heterocycles. The zero-order valence-electron chi connectivity index (χ0n) is 11.8. The fourth-order valence-electron chi connectivity index (χ4n) is 1.34. The van der Waals surface area contributed by atoms with Gasteiger partial charge in [-0.15, -0.1) is 0 Å². The van der Waals surface area contributed by atoms with Crippen LogP contribution in [0.4, 0.5) is 4.79 Å². The Balaban J connectivity index is 2.47. The van der Waals surface area contributed by atoms with Crippen LogP contribution in [-0.2, 0) is 4.74 Å². The molecular formula is C14H19N3O3. The number of hydrogen-bond acceptors (Lipinski definition) is 4. The van der Waals surface area contributed by atoms with Gasteiger partial charge in [0.2, 0.25) is 5.91 Å². The number of amides is 2. The molecule has 3 N–H and O–H groups in total. The molecule has 6 nitrogen and oxygen atoms in total. The lowest BCUT2D eigenvalue weighted by Crippen LogP contribution is -2.32. The number of nitrogens with zero attached hydrogens (tertiary/aromatic N) is 1. The summed E-state index contributed by atoms with van der Waals surface area (Å²) in [7, 11) is 0. The molecule has 0 atom stereocenters. The Hall–Kier alpha value is -2.37. The molecule has 20 heavy (non-hydrogen) atoms. The lowest BCUT2D eigenvalue weighted by Gasteiger charge is -2.19. The number of nitrogens with one attached hydrogen (secondary N) is 1. The van der Waals surface area contributed by atoms with E-state index in [1.54, 1.807) is 45.2 Å². The summed E-state index contributed by atoms with van der Waals surface area (Å²) in [5.41, 5.74) is 5.71. The molecule has 0 aliphatic rings. The molecule has 108 valence electrons. The summed E-state index contributed by atoms with van der Waals surface area (Å²) >= 11 is 0. The first-order valence-electron chi connectivity index (χ1n) is 6.16. The molecule has 6 heteroatoms. The Bertz CT molecular complexity index is 519.